The van der Waals surface area contributed by atoms with Crippen LogP contribution in [0, 0.1) is 13.8 Å². The summed E-state index contributed by atoms with van der Waals surface area (Å²) in [4.78, 5) is 0. The van der Waals surface area contributed by atoms with E-state index < -0.39 is 0 Å². The van der Waals surface area contributed by atoms with E-state index in [2.05, 4.69) is 42.2 Å². The first-order chi connectivity index (χ1) is 9.58. The molecular weight excluding hydrogens is 270 g/mol. The van der Waals surface area contributed by atoms with Crippen molar-refractivity contribution >= 4 is 11.8 Å². The smallest absolute Gasteiger partial charge is 0.195 e. The highest BCUT2D eigenvalue weighted by Gasteiger charge is 2.09. The van der Waals surface area contributed by atoms with Crippen LogP contribution in [0.4, 0.5) is 0 Å². The summed E-state index contributed by atoms with van der Waals surface area (Å²) in [7, 11) is 0. The van der Waals surface area contributed by atoms with E-state index in [-0.39, 0.29) is 6.10 Å². The number of aromatic nitrogens is 3. The molecule has 0 aliphatic rings. The Kier molecular flexibility index (Phi) is 5.20. The maximum Gasteiger partial charge on any atom is 0.195 e. The first-order valence-electron chi connectivity index (χ1n) is 6.80. The average molecular weight is 291 g/mol. The fraction of sp³-hybridized carbons (Fsp3) is 0.467. The van der Waals surface area contributed by atoms with Crippen LogP contribution in [0.3, 0.4) is 0 Å². The monoisotopic (exact) mass is 291 g/mol. The molecule has 0 radical (unpaired) electrons. The normalized spacial score (nSPS) is 11.2. The summed E-state index contributed by atoms with van der Waals surface area (Å²) in [6.07, 6.45) is 2.04. The summed E-state index contributed by atoms with van der Waals surface area (Å²) in [6, 6.07) is 6.40. The Hall–Kier alpha value is -1.33. The standard InChI is InChI=1S/C15H21N3OS/c1-11(2)19-7-8-20-15-17-16-10-18(15)14-6-5-12(3)9-13(14)4/h5-6,9-11H,7-8H2,1-4H3. The number of thioether (sulfide) groups is 1. The molecule has 0 saturated carbocycles. The number of aryl methyl sites for hydroxylation is 2. The van der Waals surface area contributed by atoms with Crippen LogP contribution in [0.1, 0.15) is 25.0 Å². The zero-order valence-electron chi connectivity index (χ0n) is 12.5. The predicted molar refractivity (Wildman–Crippen MR) is 82.6 cm³/mol. The second kappa shape index (κ2) is 6.90. The van der Waals surface area contributed by atoms with E-state index in [1.807, 2.05) is 18.4 Å². The largest absolute Gasteiger partial charge is 0.378 e. The van der Waals surface area contributed by atoms with E-state index in [1.165, 1.54) is 11.1 Å². The third-order valence-electron chi connectivity index (χ3n) is 2.89. The summed E-state index contributed by atoms with van der Waals surface area (Å²) >= 11 is 1.67. The highest BCUT2D eigenvalue weighted by Crippen LogP contribution is 2.22. The molecule has 4 nitrogen and oxygen atoms in total. The number of benzene rings is 1. The van der Waals surface area contributed by atoms with Crippen LogP contribution in [0.5, 0.6) is 0 Å². The highest BCUT2D eigenvalue weighted by atomic mass is 32.2. The third-order valence-corrected chi connectivity index (χ3v) is 3.80. The Bertz CT molecular complexity index is 566. The van der Waals surface area contributed by atoms with Crippen LogP contribution in [0.15, 0.2) is 29.7 Å². The van der Waals surface area contributed by atoms with Gasteiger partial charge in [0.15, 0.2) is 5.16 Å². The van der Waals surface area contributed by atoms with Crippen LogP contribution in [-0.2, 0) is 4.74 Å². The van der Waals surface area contributed by atoms with E-state index in [0.717, 1.165) is 23.2 Å². The molecule has 0 aliphatic carbocycles. The highest BCUT2D eigenvalue weighted by molar-refractivity contribution is 7.99. The van der Waals surface area contributed by atoms with Crippen molar-refractivity contribution in [2.24, 2.45) is 0 Å². The molecule has 1 aromatic carbocycles. The maximum absolute atomic E-state index is 5.55. The van der Waals surface area contributed by atoms with E-state index in [0.29, 0.717) is 0 Å². The molecule has 0 saturated heterocycles. The van der Waals surface area contributed by atoms with Gasteiger partial charge in [-0.05, 0) is 39.3 Å². The Morgan fingerprint density at radius 1 is 1.30 bits per heavy atom. The first-order valence-corrected chi connectivity index (χ1v) is 7.78. The van der Waals surface area contributed by atoms with Gasteiger partial charge >= 0.3 is 0 Å². The van der Waals surface area contributed by atoms with Gasteiger partial charge in [0.2, 0.25) is 0 Å². The summed E-state index contributed by atoms with van der Waals surface area (Å²) in [5.74, 6) is 0.877. The molecule has 0 aliphatic heterocycles. The lowest BCUT2D eigenvalue weighted by molar-refractivity contribution is 0.0920. The number of hydrogen-bond donors (Lipinski definition) is 0. The van der Waals surface area contributed by atoms with Gasteiger partial charge in [0.25, 0.3) is 0 Å². The Labute approximate surface area is 124 Å². The summed E-state index contributed by atoms with van der Waals surface area (Å²) < 4.78 is 7.58. The van der Waals surface area contributed by atoms with Crippen molar-refractivity contribution in [1.29, 1.82) is 0 Å². The molecule has 108 valence electrons. The lowest BCUT2D eigenvalue weighted by atomic mass is 10.1. The number of rotatable bonds is 6. The van der Waals surface area contributed by atoms with Gasteiger partial charge in [-0.25, -0.2) is 0 Å². The van der Waals surface area contributed by atoms with Crippen molar-refractivity contribution in [3.05, 3.63) is 35.7 Å². The first kappa shape index (κ1) is 15.1. The molecular formula is C15H21N3OS. The predicted octanol–water partition coefficient (Wildman–Crippen LogP) is 3.40. The molecule has 0 unspecified atom stereocenters. The van der Waals surface area contributed by atoms with E-state index in [1.54, 1.807) is 18.1 Å². The molecule has 1 aromatic heterocycles. The van der Waals surface area contributed by atoms with Crippen LogP contribution in [0.25, 0.3) is 5.69 Å². The van der Waals surface area contributed by atoms with Crippen molar-refractivity contribution in [3.8, 4) is 5.69 Å². The minimum absolute atomic E-state index is 0.271. The van der Waals surface area contributed by atoms with Crippen molar-refractivity contribution in [2.45, 2.75) is 39.0 Å². The fourth-order valence-electron chi connectivity index (χ4n) is 1.98. The van der Waals surface area contributed by atoms with Crippen LogP contribution in [-0.4, -0.2) is 33.2 Å². The van der Waals surface area contributed by atoms with Crippen LogP contribution in [0.2, 0.25) is 0 Å². The van der Waals surface area contributed by atoms with Gasteiger partial charge in [0, 0.05) is 5.75 Å². The maximum atomic E-state index is 5.55. The molecule has 0 amide bonds. The Morgan fingerprint density at radius 2 is 2.10 bits per heavy atom. The Balaban J connectivity index is 2.08. The third kappa shape index (κ3) is 3.84. The molecule has 5 heteroatoms. The molecule has 2 aromatic rings. The summed E-state index contributed by atoms with van der Waals surface area (Å²) in [5.41, 5.74) is 3.62. The SMILES string of the molecule is Cc1ccc(-n2cnnc2SCCOC(C)C)c(C)c1. The molecule has 20 heavy (non-hydrogen) atoms. The molecule has 0 spiro atoms. The van der Waals surface area contributed by atoms with Crippen molar-refractivity contribution in [2.75, 3.05) is 12.4 Å². The fourth-order valence-corrected chi connectivity index (χ4v) is 2.73. The lowest BCUT2D eigenvalue weighted by Gasteiger charge is -2.10. The van der Waals surface area contributed by atoms with Crippen molar-refractivity contribution in [3.63, 3.8) is 0 Å². The van der Waals surface area contributed by atoms with Crippen LogP contribution < -0.4 is 0 Å². The summed E-state index contributed by atoms with van der Waals surface area (Å²) in [5, 5.41) is 9.13. The zero-order valence-corrected chi connectivity index (χ0v) is 13.3. The van der Waals surface area contributed by atoms with Gasteiger partial charge in [-0.1, -0.05) is 29.5 Å². The number of ether oxygens (including phenoxy) is 1. The Morgan fingerprint density at radius 3 is 2.80 bits per heavy atom. The quantitative estimate of drug-likeness (QED) is 0.604. The second-order valence-corrected chi connectivity index (χ2v) is 6.10. The van der Waals surface area contributed by atoms with Crippen molar-refractivity contribution in [1.82, 2.24) is 14.8 Å². The van der Waals surface area contributed by atoms with Gasteiger partial charge in [-0.3, -0.25) is 4.57 Å². The lowest BCUT2D eigenvalue weighted by Crippen LogP contribution is -2.06. The van der Waals surface area contributed by atoms with Gasteiger partial charge in [-0.15, -0.1) is 10.2 Å². The molecule has 0 atom stereocenters. The van der Waals surface area contributed by atoms with E-state index >= 15 is 0 Å². The summed E-state index contributed by atoms with van der Waals surface area (Å²) in [6.45, 7) is 9.02. The number of nitrogens with zero attached hydrogens (tertiary/aromatic N) is 3. The van der Waals surface area contributed by atoms with E-state index in [9.17, 15) is 0 Å². The van der Waals surface area contributed by atoms with Gasteiger partial charge < -0.3 is 4.74 Å². The van der Waals surface area contributed by atoms with Crippen molar-refractivity contribution < 1.29 is 4.74 Å². The second-order valence-electron chi connectivity index (χ2n) is 5.04. The van der Waals surface area contributed by atoms with Gasteiger partial charge in [0.05, 0.1) is 18.4 Å². The van der Waals surface area contributed by atoms with Gasteiger partial charge in [-0.2, -0.15) is 0 Å². The molecule has 0 fully saturated rings. The average Bonchev–Trinajstić information content (AvgIpc) is 2.82. The molecule has 1 heterocycles. The molecule has 2 rings (SSSR count). The minimum atomic E-state index is 0.271. The van der Waals surface area contributed by atoms with E-state index in [4.69, 9.17) is 4.74 Å². The molecule has 0 bridgehead atoms. The number of hydrogen-bond acceptors (Lipinski definition) is 4. The topological polar surface area (TPSA) is 39.9 Å². The molecule has 0 N–H and O–H groups in total. The van der Waals surface area contributed by atoms with Crippen LogP contribution >= 0.6 is 11.8 Å². The van der Waals surface area contributed by atoms with Gasteiger partial charge in [0.1, 0.15) is 6.33 Å². The minimum Gasteiger partial charge on any atom is -0.378 e. The zero-order chi connectivity index (χ0) is 14.5.